The van der Waals surface area contributed by atoms with E-state index in [9.17, 15) is 4.79 Å². The molecule has 21 heavy (non-hydrogen) atoms. The maximum atomic E-state index is 12.4. The molecule has 1 amide bonds. The van der Waals surface area contributed by atoms with E-state index < -0.39 is 0 Å². The number of hydrogen-bond acceptors (Lipinski definition) is 3. The van der Waals surface area contributed by atoms with Crippen molar-refractivity contribution in [3.05, 3.63) is 51.7 Å². The summed E-state index contributed by atoms with van der Waals surface area (Å²) in [7, 11) is 0. The lowest BCUT2D eigenvalue weighted by molar-refractivity contribution is -0.119. The summed E-state index contributed by atoms with van der Waals surface area (Å²) < 4.78 is 0. The number of hydrogen-bond donors (Lipinski definition) is 0. The molecule has 0 radical (unpaired) electrons. The fourth-order valence-corrected chi connectivity index (χ4v) is 4.01. The Kier molecular flexibility index (Phi) is 2.93. The Bertz CT molecular complexity index is 730. The predicted molar refractivity (Wildman–Crippen MR) is 85.9 cm³/mol. The van der Waals surface area contributed by atoms with E-state index in [-0.39, 0.29) is 5.91 Å². The van der Waals surface area contributed by atoms with Gasteiger partial charge in [0, 0.05) is 22.8 Å². The Labute approximate surface area is 127 Å². The molecule has 1 aromatic carbocycles. The fraction of sp³-hybridized carbons (Fsp3) is 0.294. The molecule has 0 bridgehead atoms. The summed E-state index contributed by atoms with van der Waals surface area (Å²) in [4.78, 5) is 13.8. The van der Waals surface area contributed by atoms with Crippen molar-refractivity contribution in [3.63, 3.8) is 0 Å². The molecule has 106 valence electrons. The third kappa shape index (κ3) is 2.10. The van der Waals surface area contributed by atoms with Gasteiger partial charge in [-0.3, -0.25) is 4.79 Å². The highest BCUT2D eigenvalue weighted by molar-refractivity contribution is 7.10. The second kappa shape index (κ2) is 4.81. The summed E-state index contributed by atoms with van der Waals surface area (Å²) in [6.07, 6.45) is 2.69. The van der Waals surface area contributed by atoms with Crippen LogP contribution in [0.5, 0.6) is 0 Å². The van der Waals surface area contributed by atoms with Gasteiger partial charge in [-0.1, -0.05) is 17.7 Å². The highest BCUT2D eigenvalue weighted by Gasteiger charge is 2.34. The van der Waals surface area contributed by atoms with E-state index in [2.05, 4.69) is 11.4 Å². The van der Waals surface area contributed by atoms with Crippen LogP contribution in [0.15, 0.2) is 40.8 Å². The molecule has 1 aliphatic carbocycles. The van der Waals surface area contributed by atoms with Crippen LogP contribution in [-0.4, -0.2) is 11.6 Å². The molecule has 4 heteroatoms. The van der Waals surface area contributed by atoms with Gasteiger partial charge in [0.1, 0.15) is 0 Å². The molecule has 2 heterocycles. The maximum Gasteiger partial charge on any atom is 0.248 e. The van der Waals surface area contributed by atoms with Crippen LogP contribution in [0.4, 0.5) is 5.69 Å². The molecular weight excluding hydrogens is 280 g/mol. The summed E-state index contributed by atoms with van der Waals surface area (Å²) in [5, 5.41) is 8.41. The highest BCUT2D eigenvalue weighted by Crippen LogP contribution is 2.35. The first-order valence-corrected chi connectivity index (χ1v) is 8.15. The van der Waals surface area contributed by atoms with Gasteiger partial charge in [-0.25, -0.2) is 5.01 Å². The van der Waals surface area contributed by atoms with Crippen LogP contribution in [0.2, 0.25) is 0 Å². The Balaban J connectivity index is 1.79. The number of amides is 1. The minimum Gasteiger partial charge on any atom is -0.273 e. The predicted octanol–water partition coefficient (Wildman–Crippen LogP) is 3.76. The van der Waals surface area contributed by atoms with E-state index in [4.69, 9.17) is 5.10 Å². The third-order valence-electron chi connectivity index (χ3n) is 4.27. The minimum atomic E-state index is 0.103. The van der Waals surface area contributed by atoms with E-state index in [1.54, 1.807) is 16.3 Å². The molecule has 0 saturated heterocycles. The number of benzene rings is 1. The minimum absolute atomic E-state index is 0.103. The Morgan fingerprint density at radius 3 is 2.86 bits per heavy atom. The van der Waals surface area contributed by atoms with Gasteiger partial charge in [0.2, 0.25) is 5.91 Å². The molecule has 1 aliphatic heterocycles. The number of nitrogens with zero attached hydrogens (tertiary/aromatic N) is 2. The maximum absolute atomic E-state index is 12.4. The van der Waals surface area contributed by atoms with E-state index in [1.165, 1.54) is 16.0 Å². The number of anilines is 1. The highest BCUT2D eigenvalue weighted by atomic mass is 32.1. The molecule has 1 unspecified atom stereocenters. The zero-order valence-corrected chi connectivity index (χ0v) is 12.7. The van der Waals surface area contributed by atoms with Crippen LogP contribution in [0.3, 0.4) is 0 Å². The summed E-state index contributed by atoms with van der Waals surface area (Å²) in [5.41, 5.74) is 4.39. The summed E-state index contributed by atoms with van der Waals surface area (Å²) in [5.74, 6) is 0.396. The number of thiophene rings is 1. The van der Waals surface area contributed by atoms with Gasteiger partial charge < -0.3 is 0 Å². The lowest BCUT2D eigenvalue weighted by Gasteiger charge is -2.32. The summed E-state index contributed by atoms with van der Waals surface area (Å²) in [6, 6.07) is 10.1. The topological polar surface area (TPSA) is 32.7 Å². The monoisotopic (exact) mass is 296 g/mol. The first kappa shape index (κ1) is 12.8. The van der Waals surface area contributed by atoms with E-state index in [1.807, 2.05) is 31.2 Å². The van der Waals surface area contributed by atoms with Crippen LogP contribution in [0, 0.1) is 12.8 Å². The molecule has 0 fully saturated rings. The van der Waals surface area contributed by atoms with Crippen LogP contribution in [-0.2, 0) is 11.2 Å². The molecule has 3 nitrogen and oxygen atoms in total. The fourth-order valence-electron chi connectivity index (χ4n) is 3.11. The van der Waals surface area contributed by atoms with Gasteiger partial charge in [0.05, 0.1) is 11.4 Å². The number of carbonyl (C=O) groups excluding carboxylic acids is 1. The van der Waals surface area contributed by atoms with Crippen LogP contribution >= 0.6 is 11.3 Å². The number of aryl methyl sites for hydroxylation is 2. The standard InChI is InChI=1S/C17H16N2OS/c1-11-2-5-13(6-3-11)19-16(20)10-12-4-7-15-14(8-9-21-15)17(12)18-19/h2-3,5-6,8-9,12H,4,7,10H2,1H3. The van der Waals surface area contributed by atoms with Crippen molar-refractivity contribution in [1.29, 1.82) is 0 Å². The van der Waals surface area contributed by atoms with Crippen molar-refractivity contribution >= 4 is 28.6 Å². The first-order valence-electron chi connectivity index (χ1n) is 7.27. The van der Waals surface area contributed by atoms with Crippen molar-refractivity contribution in [2.24, 2.45) is 11.0 Å². The quantitative estimate of drug-likeness (QED) is 0.788. The zero-order valence-electron chi connectivity index (χ0n) is 11.9. The molecule has 1 atom stereocenters. The van der Waals surface area contributed by atoms with E-state index in [0.29, 0.717) is 12.3 Å². The van der Waals surface area contributed by atoms with Crippen molar-refractivity contribution in [2.75, 3.05) is 5.01 Å². The Morgan fingerprint density at radius 2 is 2.05 bits per heavy atom. The van der Waals surface area contributed by atoms with Crippen molar-refractivity contribution in [2.45, 2.75) is 26.2 Å². The van der Waals surface area contributed by atoms with Crippen molar-refractivity contribution in [3.8, 4) is 0 Å². The smallest absolute Gasteiger partial charge is 0.248 e. The summed E-state index contributed by atoms with van der Waals surface area (Å²) >= 11 is 1.80. The molecule has 4 rings (SSSR count). The van der Waals surface area contributed by atoms with Gasteiger partial charge in [0.15, 0.2) is 0 Å². The second-order valence-corrected chi connectivity index (χ2v) is 6.72. The largest absolute Gasteiger partial charge is 0.273 e. The Morgan fingerprint density at radius 1 is 1.24 bits per heavy atom. The van der Waals surface area contributed by atoms with Crippen molar-refractivity contribution < 1.29 is 4.79 Å². The molecule has 1 aromatic heterocycles. The first-order chi connectivity index (χ1) is 10.2. The second-order valence-electron chi connectivity index (χ2n) is 5.72. The molecule has 0 spiro atoms. The number of carbonyl (C=O) groups is 1. The van der Waals surface area contributed by atoms with Crippen LogP contribution < -0.4 is 5.01 Å². The number of fused-ring (bicyclic) bond motifs is 3. The molecule has 0 saturated carbocycles. The van der Waals surface area contributed by atoms with Crippen LogP contribution in [0.25, 0.3) is 0 Å². The molecule has 0 N–H and O–H groups in total. The van der Waals surface area contributed by atoms with Gasteiger partial charge in [-0.15, -0.1) is 11.3 Å². The normalized spacial score (nSPS) is 20.8. The van der Waals surface area contributed by atoms with Gasteiger partial charge >= 0.3 is 0 Å². The van der Waals surface area contributed by atoms with Gasteiger partial charge in [0.25, 0.3) is 0 Å². The molecule has 2 aromatic rings. The van der Waals surface area contributed by atoms with E-state index >= 15 is 0 Å². The lowest BCUT2D eigenvalue weighted by Crippen LogP contribution is -2.39. The zero-order chi connectivity index (χ0) is 14.4. The molecular formula is C17H16N2OS. The third-order valence-corrected chi connectivity index (χ3v) is 5.25. The van der Waals surface area contributed by atoms with Gasteiger partial charge in [-0.2, -0.15) is 5.10 Å². The lowest BCUT2D eigenvalue weighted by atomic mass is 9.83. The number of hydrazone groups is 1. The Hall–Kier alpha value is -1.94. The molecule has 2 aliphatic rings. The van der Waals surface area contributed by atoms with E-state index in [0.717, 1.165) is 24.2 Å². The average Bonchev–Trinajstić information content (AvgIpc) is 2.96. The average molecular weight is 296 g/mol. The van der Waals surface area contributed by atoms with Crippen LogP contribution in [0.1, 0.15) is 28.8 Å². The SMILES string of the molecule is Cc1ccc(N2N=C3c4ccsc4CCC3CC2=O)cc1. The van der Waals surface area contributed by atoms with Crippen molar-refractivity contribution in [1.82, 2.24) is 0 Å². The summed E-state index contributed by atoms with van der Waals surface area (Å²) in [6.45, 7) is 2.04. The van der Waals surface area contributed by atoms with Gasteiger partial charge in [-0.05, 0) is 43.3 Å². The number of rotatable bonds is 1.